The monoisotopic (exact) mass is 308 g/mol. The molecule has 3 rings (SSSR count). The molecular formula is C20H21OP. The van der Waals surface area contributed by atoms with E-state index in [1.165, 1.54) is 0 Å². The second-order valence-corrected chi connectivity index (χ2v) is 7.38. The highest BCUT2D eigenvalue weighted by molar-refractivity contribution is 7.85. The van der Waals surface area contributed by atoms with E-state index in [1.54, 1.807) is 0 Å². The van der Waals surface area contributed by atoms with Gasteiger partial charge in [-0.05, 0) is 0 Å². The quantitative estimate of drug-likeness (QED) is 0.657. The molecule has 0 unspecified atom stereocenters. The lowest BCUT2D eigenvalue weighted by Gasteiger charge is -2.19. The van der Waals surface area contributed by atoms with Crippen molar-refractivity contribution in [3.8, 4) is 0 Å². The smallest absolute Gasteiger partial charge is 0.171 e. The minimum Gasteiger partial charge on any atom is -0.309 e. The van der Waals surface area contributed by atoms with E-state index in [0.717, 1.165) is 15.9 Å². The minimum absolute atomic E-state index is 0.873. The third-order valence-corrected chi connectivity index (χ3v) is 6.44. The third kappa shape index (κ3) is 3.21. The van der Waals surface area contributed by atoms with Crippen molar-refractivity contribution >= 4 is 23.1 Å². The fourth-order valence-corrected chi connectivity index (χ4v) is 5.03. The van der Waals surface area contributed by atoms with Crippen LogP contribution in [0.3, 0.4) is 0 Å². The van der Waals surface area contributed by atoms with Crippen molar-refractivity contribution in [2.45, 2.75) is 13.8 Å². The van der Waals surface area contributed by atoms with Crippen molar-refractivity contribution in [3.63, 3.8) is 0 Å². The Balaban J connectivity index is 0.000000847. The van der Waals surface area contributed by atoms with E-state index in [1.807, 2.05) is 105 Å². The molecule has 0 radical (unpaired) electrons. The maximum Gasteiger partial charge on any atom is 0.171 e. The molecule has 112 valence electrons. The van der Waals surface area contributed by atoms with E-state index < -0.39 is 7.14 Å². The normalized spacial score (nSPS) is 10.5. The van der Waals surface area contributed by atoms with E-state index in [2.05, 4.69) is 0 Å². The summed E-state index contributed by atoms with van der Waals surface area (Å²) >= 11 is 0. The van der Waals surface area contributed by atoms with Gasteiger partial charge in [0, 0.05) is 15.9 Å². The lowest BCUT2D eigenvalue weighted by atomic mass is 10.4. The first-order valence-corrected chi connectivity index (χ1v) is 9.29. The van der Waals surface area contributed by atoms with Crippen LogP contribution < -0.4 is 15.9 Å². The highest BCUT2D eigenvalue weighted by atomic mass is 31.2. The lowest BCUT2D eigenvalue weighted by molar-refractivity contribution is 0.592. The summed E-state index contributed by atoms with van der Waals surface area (Å²) in [4.78, 5) is 0. The topological polar surface area (TPSA) is 17.1 Å². The van der Waals surface area contributed by atoms with Gasteiger partial charge in [-0.2, -0.15) is 0 Å². The second kappa shape index (κ2) is 7.77. The van der Waals surface area contributed by atoms with Gasteiger partial charge in [-0.25, -0.2) is 0 Å². The molecule has 0 amide bonds. The summed E-state index contributed by atoms with van der Waals surface area (Å²) in [6.45, 7) is 4.00. The lowest BCUT2D eigenvalue weighted by Crippen LogP contribution is -2.24. The number of rotatable bonds is 3. The van der Waals surface area contributed by atoms with Gasteiger partial charge in [0.25, 0.3) is 0 Å². The third-order valence-electron chi connectivity index (χ3n) is 3.36. The highest BCUT2D eigenvalue weighted by Gasteiger charge is 2.28. The Kier molecular flexibility index (Phi) is 5.75. The molecule has 0 heterocycles. The van der Waals surface area contributed by atoms with Gasteiger partial charge in [0.05, 0.1) is 0 Å². The predicted molar refractivity (Wildman–Crippen MR) is 97.2 cm³/mol. The van der Waals surface area contributed by atoms with Crippen LogP contribution in [0.2, 0.25) is 0 Å². The molecule has 0 aromatic heterocycles. The highest BCUT2D eigenvalue weighted by Crippen LogP contribution is 2.41. The molecule has 2 heteroatoms. The molecular weight excluding hydrogens is 287 g/mol. The zero-order chi connectivity index (χ0) is 15.8. The van der Waals surface area contributed by atoms with E-state index >= 15 is 0 Å². The van der Waals surface area contributed by atoms with Crippen LogP contribution in [0.5, 0.6) is 0 Å². The summed E-state index contributed by atoms with van der Waals surface area (Å²) in [7, 11) is -2.78. The van der Waals surface area contributed by atoms with Crippen molar-refractivity contribution in [2.24, 2.45) is 0 Å². The van der Waals surface area contributed by atoms with Crippen LogP contribution in [0.15, 0.2) is 91.0 Å². The Morgan fingerprint density at radius 2 is 0.727 bits per heavy atom. The van der Waals surface area contributed by atoms with Gasteiger partial charge in [0.1, 0.15) is 0 Å². The maximum absolute atomic E-state index is 13.8. The Bertz CT molecular complexity index is 618. The van der Waals surface area contributed by atoms with Crippen LogP contribution in [0, 0.1) is 0 Å². The number of benzene rings is 3. The maximum atomic E-state index is 13.8. The van der Waals surface area contributed by atoms with Crippen molar-refractivity contribution in [2.75, 3.05) is 0 Å². The molecule has 3 aromatic carbocycles. The van der Waals surface area contributed by atoms with Gasteiger partial charge in [0.2, 0.25) is 0 Å². The Morgan fingerprint density at radius 1 is 0.500 bits per heavy atom. The summed E-state index contributed by atoms with van der Waals surface area (Å²) < 4.78 is 13.8. The standard InChI is InChI=1S/C18H15OP.C2H6/c19-20(16-10-4-1-5-11-16,17-12-6-2-7-13-17)18-14-8-3-9-15-18;1-2/h1-15H;1-2H3. The summed E-state index contributed by atoms with van der Waals surface area (Å²) in [5.74, 6) is 0. The molecule has 1 nitrogen and oxygen atoms in total. The first-order valence-electron chi connectivity index (χ1n) is 7.59. The fourth-order valence-electron chi connectivity index (χ4n) is 2.36. The van der Waals surface area contributed by atoms with Crippen LogP contribution in [-0.2, 0) is 4.57 Å². The van der Waals surface area contributed by atoms with Gasteiger partial charge in [0.15, 0.2) is 7.14 Å². The molecule has 0 fully saturated rings. The Hall–Kier alpha value is -2.11. The summed E-state index contributed by atoms with van der Waals surface area (Å²) in [6, 6.07) is 29.1. The van der Waals surface area contributed by atoms with E-state index in [-0.39, 0.29) is 0 Å². The van der Waals surface area contributed by atoms with Gasteiger partial charge in [-0.3, -0.25) is 0 Å². The van der Waals surface area contributed by atoms with Crippen LogP contribution >= 0.6 is 7.14 Å². The Morgan fingerprint density at radius 3 is 0.955 bits per heavy atom. The molecule has 0 saturated carbocycles. The van der Waals surface area contributed by atoms with Crippen molar-refractivity contribution in [1.82, 2.24) is 0 Å². The summed E-state index contributed by atoms with van der Waals surface area (Å²) in [5, 5.41) is 2.62. The molecule has 0 spiro atoms. The van der Waals surface area contributed by atoms with Crippen LogP contribution in [-0.4, -0.2) is 0 Å². The number of hydrogen-bond acceptors (Lipinski definition) is 1. The molecule has 0 N–H and O–H groups in total. The first-order chi connectivity index (χ1) is 10.8. The molecule has 0 aliphatic rings. The predicted octanol–water partition coefficient (Wildman–Crippen LogP) is 4.35. The zero-order valence-electron chi connectivity index (χ0n) is 13.0. The van der Waals surface area contributed by atoms with Crippen LogP contribution in [0.1, 0.15) is 13.8 Å². The van der Waals surface area contributed by atoms with E-state index in [0.29, 0.717) is 0 Å². The van der Waals surface area contributed by atoms with Crippen molar-refractivity contribution in [3.05, 3.63) is 91.0 Å². The van der Waals surface area contributed by atoms with Gasteiger partial charge in [-0.1, -0.05) is 105 Å². The van der Waals surface area contributed by atoms with Gasteiger partial charge in [-0.15, -0.1) is 0 Å². The summed E-state index contributed by atoms with van der Waals surface area (Å²) in [6.07, 6.45) is 0. The Labute approximate surface area is 133 Å². The molecule has 0 saturated heterocycles. The average Bonchev–Trinajstić information content (AvgIpc) is 2.65. The minimum atomic E-state index is -2.78. The molecule has 0 aliphatic heterocycles. The molecule has 3 aromatic rings. The van der Waals surface area contributed by atoms with Crippen molar-refractivity contribution in [1.29, 1.82) is 0 Å². The largest absolute Gasteiger partial charge is 0.309 e. The molecule has 0 atom stereocenters. The fraction of sp³-hybridized carbons (Fsp3) is 0.100. The molecule has 22 heavy (non-hydrogen) atoms. The van der Waals surface area contributed by atoms with E-state index in [4.69, 9.17) is 0 Å². The first kappa shape index (κ1) is 16.3. The van der Waals surface area contributed by atoms with Crippen molar-refractivity contribution < 1.29 is 4.57 Å². The van der Waals surface area contributed by atoms with Gasteiger partial charge < -0.3 is 4.57 Å². The molecule has 0 bridgehead atoms. The second-order valence-electron chi connectivity index (χ2n) is 4.62. The SMILES string of the molecule is CC.O=P(c1ccccc1)(c1ccccc1)c1ccccc1. The molecule has 0 aliphatic carbocycles. The number of hydrogen-bond donors (Lipinski definition) is 0. The van der Waals surface area contributed by atoms with Crippen LogP contribution in [0.25, 0.3) is 0 Å². The zero-order valence-corrected chi connectivity index (χ0v) is 13.9. The van der Waals surface area contributed by atoms with E-state index in [9.17, 15) is 4.57 Å². The van der Waals surface area contributed by atoms with Gasteiger partial charge >= 0.3 is 0 Å². The average molecular weight is 308 g/mol. The van der Waals surface area contributed by atoms with Crippen LogP contribution in [0.4, 0.5) is 0 Å². The summed E-state index contributed by atoms with van der Waals surface area (Å²) in [5.41, 5.74) is 0.